The molecule has 0 aliphatic heterocycles. The molecule has 1 aromatic rings. The number of ether oxygens (including phenoxy) is 2. The highest BCUT2D eigenvalue weighted by Gasteiger charge is 2.14. The minimum Gasteiger partial charge on any atom is -0.383 e. The Morgan fingerprint density at radius 2 is 1.81 bits per heavy atom. The third-order valence-electron chi connectivity index (χ3n) is 3.53. The number of rotatable bonds is 10. The summed E-state index contributed by atoms with van der Waals surface area (Å²) < 4.78 is 10.4. The standard InChI is InChI=1S/C16H27ClN2O2/c1-4-15(18)11-13-5-6-14(17)12-16(13)19(7-9-20-2)8-10-21-3/h5-6,12,15H,4,7-11,18H2,1-3H3. The van der Waals surface area contributed by atoms with E-state index in [1.165, 1.54) is 5.56 Å². The predicted molar refractivity (Wildman–Crippen MR) is 89.4 cm³/mol. The Morgan fingerprint density at radius 1 is 1.19 bits per heavy atom. The molecule has 0 amide bonds. The first-order valence-electron chi connectivity index (χ1n) is 7.39. The fourth-order valence-electron chi connectivity index (χ4n) is 2.19. The van der Waals surface area contributed by atoms with Gasteiger partial charge in [0.2, 0.25) is 0 Å². The van der Waals surface area contributed by atoms with Gasteiger partial charge in [0.05, 0.1) is 13.2 Å². The Balaban J connectivity index is 2.98. The van der Waals surface area contributed by atoms with Crippen molar-refractivity contribution in [3.63, 3.8) is 0 Å². The van der Waals surface area contributed by atoms with E-state index in [-0.39, 0.29) is 6.04 Å². The van der Waals surface area contributed by atoms with E-state index in [0.717, 1.165) is 36.6 Å². The summed E-state index contributed by atoms with van der Waals surface area (Å²) >= 11 is 6.18. The molecule has 0 aromatic heterocycles. The van der Waals surface area contributed by atoms with Crippen molar-refractivity contribution in [2.24, 2.45) is 5.73 Å². The molecule has 0 bridgehead atoms. The molecule has 0 aliphatic rings. The minimum atomic E-state index is 0.164. The molecule has 1 unspecified atom stereocenters. The van der Waals surface area contributed by atoms with Gasteiger partial charge in [-0.3, -0.25) is 0 Å². The third-order valence-corrected chi connectivity index (χ3v) is 3.76. The number of hydrogen-bond acceptors (Lipinski definition) is 4. The number of anilines is 1. The molecule has 0 spiro atoms. The highest BCUT2D eigenvalue weighted by atomic mass is 35.5. The number of halogens is 1. The largest absolute Gasteiger partial charge is 0.383 e. The van der Waals surface area contributed by atoms with Crippen LogP contribution in [-0.2, 0) is 15.9 Å². The lowest BCUT2D eigenvalue weighted by Crippen LogP contribution is -2.32. The number of methoxy groups -OCH3 is 2. The van der Waals surface area contributed by atoms with E-state index in [0.29, 0.717) is 13.2 Å². The van der Waals surface area contributed by atoms with Gasteiger partial charge in [-0.25, -0.2) is 0 Å². The van der Waals surface area contributed by atoms with Gasteiger partial charge in [-0.2, -0.15) is 0 Å². The average Bonchev–Trinajstić information content (AvgIpc) is 2.49. The Kier molecular flexibility index (Phi) is 8.69. The fourth-order valence-corrected chi connectivity index (χ4v) is 2.35. The molecule has 21 heavy (non-hydrogen) atoms. The second kappa shape index (κ2) is 10.0. The maximum atomic E-state index is 6.18. The van der Waals surface area contributed by atoms with Crippen molar-refractivity contribution in [3.05, 3.63) is 28.8 Å². The van der Waals surface area contributed by atoms with Crippen molar-refractivity contribution in [2.45, 2.75) is 25.8 Å². The molecule has 2 N–H and O–H groups in total. The van der Waals surface area contributed by atoms with Crippen LogP contribution < -0.4 is 10.6 Å². The maximum absolute atomic E-state index is 6.18. The Hall–Kier alpha value is -0.810. The second-order valence-electron chi connectivity index (χ2n) is 5.12. The Morgan fingerprint density at radius 3 is 2.33 bits per heavy atom. The van der Waals surface area contributed by atoms with E-state index in [4.69, 9.17) is 26.8 Å². The van der Waals surface area contributed by atoms with Crippen LogP contribution in [0.15, 0.2) is 18.2 Å². The summed E-state index contributed by atoms with van der Waals surface area (Å²) in [5.41, 5.74) is 8.46. The summed E-state index contributed by atoms with van der Waals surface area (Å²) in [6, 6.07) is 6.16. The molecule has 5 heteroatoms. The van der Waals surface area contributed by atoms with Crippen LogP contribution in [0, 0.1) is 0 Å². The molecular weight excluding hydrogens is 288 g/mol. The summed E-state index contributed by atoms with van der Waals surface area (Å²) in [6.45, 7) is 5.03. The van der Waals surface area contributed by atoms with Crippen molar-refractivity contribution >= 4 is 17.3 Å². The first-order valence-corrected chi connectivity index (χ1v) is 7.77. The van der Waals surface area contributed by atoms with Gasteiger partial charge in [-0.1, -0.05) is 24.6 Å². The molecule has 1 atom stereocenters. The number of hydrogen-bond donors (Lipinski definition) is 1. The van der Waals surface area contributed by atoms with Crippen LogP contribution in [0.1, 0.15) is 18.9 Å². The van der Waals surface area contributed by atoms with Crippen LogP contribution in [-0.4, -0.2) is 46.6 Å². The zero-order valence-corrected chi connectivity index (χ0v) is 14.0. The Labute approximate surface area is 133 Å². The molecule has 0 saturated carbocycles. The second-order valence-corrected chi connectivity index (χ2v) is 5.55. The number of nitrogens with two attached hydrogens (primary N) is 1. The predicted octanol–water partition coefficient (Wildman–Crippen LogP) is 2.72. The quantitative estimate of drug-likeness (QED) is 0.721. The summed E-state index contributed by atoms with van der Waals surface area (Å²) in [7, 11) is 3.42. The first-order chi connectivity index (χ1) is 10.1. The van der Waals surface area contributed by atoms with Crippen molar-refractivity contribution in [1.82, 2.24) is 0 Å². The molecule has 1 aromatic carbocycles. The van der Waals surface area contributed by atoms with Gasteiger partial charge in [-0.15, -0.1) is 0 Å². The molecule has 4 nitrogen and oxygen atoms in total. The number of nitrogens with zero attached hydrogens (tertiary/aromatic N) is 1. The van der Waals surface area contributed by atoms with Crippen molar-refractivity contribution in [2.75, 3.05) is 45.4 Å². The lowest BCUT2D eigenvalue weighted by Gasteiger charge is -2.27. The van der Waals surface area contributed by atoms with Gasteiger partial charge in [0, 0.05) is 44.1 Å². The molecule has 0 saturated heterocycles. The van der Waals surface area contributed by atoms with E-state index >= 15 is 0 Å². The first kappa shape index (κ1) is 18.2. The van der Waals surface area contributed by atoms with E-state index in [2.05, 4.69) is 17.9 Å². The van der Waals surface area contributed by atoms with Crippen molar-refractivity contribution < 1.29 is 9.47 Å². The van der Waals surface area contributed by atoms with Crippen LogP contribution in [0.5, 0.6) is 0 Å². The van der Waals surface area contributed by atoms with Gasteiger partial charge < -0.3 is 20.1 Å². The van der Waals surface area contributed by atoms with Crippen LogP contribution in [0.2, 0.25) is 5.02 Å². The third kappa shape index (κ3) is 6.22. The van der Waals surface area contributed by atoms with Crippen LogP contribution in [0.25, 0.3) is 0 Å². The zero-order valence-electron chi connectivity index (χ0n) is 13.3. The van der Waals surface area contributed by atoms with E-state index in [9.17, 15) is 0 Å². The normalized spacial score (nSPS) is 12.4. The molecule has 0 heterocycles. The van der Waals surface area contributed by atoms with Gasteiger partial charge in [0.15, 0.2) is 0 Å². The number of benzene rings is 1. The molecular formula is C16H27ClN2O2. The van der Waals surface area contributed by atoms with E-state index in [1.807, 2.05) is 12.1 Å². The lowest BCUT2D eigenvalue weighted by atomic mass is 10.0. The smallest absolute Gasteiger partial charge is 0.0637 e. The lowest BCUT2D eigenvalue weighted by molar-refractivity contribution is 0.190. The zero-order chi connectivity index (χ0) is 15.7. The summed E-state index contributed by atoms with van der Waals surface area (Å²) in [5, 5.41) is 0.735. The summed E-state index contributed by atoms with van der Waals surface area (Å²) in [5.74, 6) is 0. The average molecular weight is 315 g/mol. The monoisotopic (exact) mass is 314 g/mol. The van der Waals surface area contributed by atoms with Gasteiger partial charge in [-0.05, 0) is 30.5 Å². The van der Waals surface area contributed by atoms with Crippen LogP contribution in [0.4, 0.5) is 5.69 Å². The van der Waals surface area contributed by atoms with Crippen molar-refractivity contribution in [1.29, 1.82) is 0 Å². The van der Waals surface area contributed by atoms with Crippen LogP contribution in [0.3, 0.4) is 0 Å². The molecule has 0 aliphatic carbocycles. The van der Waals surface area contributed by atoms with Gasteiger partial charge >= 0.3 is 0 Å². The topological polar surface area (TPSA) is 47.7 Å². The van der Waals surface area contributed by atoms with Gasteiger partial charge in [0.25, 0.3) is 0 Å². The van der Waals surface area contributed by atoms with E-state index < -0.39 is 0 Å². The minimum absolute atomic E-state index is 0.164. The van der Waals surface area contributed by atoms with E-state index in [1.54, 1.807) is 14.2 Å². The highest BCUT2D eigenvalue weighted by Crippen LogP contribution is 2.26. The summed E-state index contributed by atoms with van der Waals surface area (Å²) in [4.78, 5) is 2.25. The Bertz CT molecular complexity index is 407. The van der Waals surface area contributed by atoms with Crippen molar-refractivity contribution in [3.8, 4) is 0 Å². The molecule has 0 fully saturated rings. The van der Waals surface area contributed by atoms with Crippen LogP contribution >= 0.6 is 11.6 Å². The molecule has 1 rings (SSSR count). The maximum Gasteiger partial charge on any atom is 0.0637 e. The fraction of sp³-hybridized carbons (Fsp3) is 0.625. The highest BCUT2D eigenvalue weighted by molar-refractivity contribution is 6.30. The molecule has 0 radical (unpaired) electrons. The summed E-state index contributed by atoms with van der Waals surface area (Å²) in [6.07, 6.45) is 1.80. The van der Waals surface area contributed by atoms with Gasteiger partial charge in [0.1, 0.15) is 0 Å². The SMILES string of the molecule is CCC(N)Cc1ccc(Cl)cc1N(CCOC)CCOC. The molecule has 120 valence electrons.